The van der Waals surface area contributed by atoms with Crippen molar-refractivity contribution in [2.24, 2.45) is 0 Å². The number of nitrogens with one attached hydrogen (secondary N) is 2. The van der Waals surface area contributed by atoms with Gasteiger partial charge in [0.05, 0.1) is 13.5 Å². The number of ether oxygens (including phenoxy) is 1. The number of benzene rings is 1. The molecule has 3 N–H and O–H groups in total. The fraction of sp³-hybridized carbons (Fsp3) is 0.200. The van der Waals surface area contributed by atoms with Crippen molar-refractivity contribution in [2.45, 2.75) is 12.8 Å². The number of rotatable bonds is 3. The first-order valence-electron chi connectivity index (χ1n) is 6.49. The minimum Gasteiger partial charge on any atom is -0.493 e. The van der Waals surface area contributed by atoms with Crippen LogP contribution in [0.2, 0.25) is 0 Å². The zero-order valence-corrected chi connectivity index (χ0v) is 11.4. The van der Waals surface area contributed by atoms with Gasteiger partial charge in [0.15, 0.2) is 0 Å². The van der Waals surface area contributed by atoms with Crippen molar-refractivity contribution < 1.29 is 14.6 Å². The van der Waals surface area contributed by atoms with Crippen LogP contribution in [0.5, 0.6) is 5.88 Å². The van der Waals surface area contributed by atoms with E-state index in [4.69, 9.17) is 4.74 Å². The molecule has 2 aromatic rings. The first kappa shape index (κ1) is 13.2. The maximum atomic E-state index is 11.6. The molecule has 6 nitrogen and oxygen atoms in total. The molecule has 1 aliphatic rings. The molecule has 21 heavy (non-hydrogen) atoms. The Balaban J connectivity index is 2.15. The van der Waals surface area contributed by atoms with Crippen LogP contribution in [-0.4, -0.2) is 28.2 Å². The van der Waals surface area contributed by atoms with Crippen LogP contribution >= 0.6 is 0 Å². The third-order valence-corrected chi connectivity index (χ3v) is 3.63. The van der Waals surface area contributed by atoms with Crippen LogP contribution in [0.3, 0.4) is 0 Å². The van der Waals surface area contributed by atoms with Crippen LogP contribution in [0.15, 0.2) is 29.1 Å². The second kappa shape index (κ2) is 4.97. The van der Waals surface area contributed by atoms with Gasteiger partial charge in [0.2, 0.25) is 5.88 Å². The van der Waals surface area contributed by atoms with E-state index in [1.54, 1.807) is 0 Å². The van der Waals surface area contributed by atoms with E-state index >= 15 is 0 Å². The molecule has 6 heteroatoms. The average Bonchev–Trinajstić information content (AvgIpc) is 2.99. The lowest BCUT2D eigenvalue weighted by atomic mass is 10.0. The number of methoxy groups -OCH3 is 1. The van der Waals surface area contributed by atoms with Crippen molar-refractivity contribution >= 4 is 17.1 Å². The molecule has 108 valence electrons. The highest BCUT2D eigenvalue weighted by Crippen LogP contribution is 2.41. The molecule has 0 atom stereocenters. The van der Waals surface area contributed by atoms with E-state index in [1.807, 2.05) is 24.3 Å². The number of aromatic amines is 2. The minimum atomic E-state index is -0.483. The topological polar surface area (TPSA) is 95.2 Å². The number of aromatic hydroxyl groups is 1. The first-order valence-corrected chi connectivity index (χ1v) is 6.49. The normalized spacial score (nSPS) is 13.4. The minimum absolute atomic E-state index is 0.0928. The van der Waals surface area contributed by atoms with Crippen molar-refractivity contribution in [3.05, 3.63) is 51.6 Å². The molecule has 0 saturated heterocycles. The summed E-state index contributed by atoms with van der Waals surface area (Å²) in [7, 11) is 1.33. The molecule has 0 amide bonds. The highest BCUT2D eigenvalue weighted by Gasteiger charge is 2.27. The summed E-state index contributed by atoms with van der Waals surface area (Å²) >= 11 is 0. The van der Waals surface area contributed by atoms with Gasteiger partial charge in [-0.2, -0.15) is 0 Å². The summed E-state index contributed by atoms with van der Waals surface area (Å²) in [6.07, 6.45) is 0.638. The van der Waals surface area contributed by atoms with Crippen molar-refractivity contribution in [3.8, 4) is 5.88 Å². The third-order valence-electron chi connectivity index (χ3n) is 3.63. The van der Waals surface area contributed by atoms with Gasteiger partial charge in [0.25, 0.3) is 0 Å². The molecule has 1 aromatic carbocycles. The Morgan fingerprint density at radius 2 is 2.10 bits per heavy atom. The van der Waals surface area contributed by atoms with Gasteiger partial charge in [-0.05, 0) is 22.3 Å². The lowest BCUT2D eigenvalue weighted by Gasteiger charge is -2.06. The highest BCUT2D eigenvalue weighted by molar-refractivity contribution is 6.02. The number of carbonyl (C=O) groups is 1. The Kier molecular flexibility index (Phi) is 3.13. The summed E-state index contributed by atoms with van der Waals surface area (Å²) < 4.78 is 4.73. The molecule has 1 heterocycles. The van der Waals surface area contributed by atoms with Crippen molar-refractivity contribution in [1.29, 1.82) is 0 Å². The molecule has 0 spiro atoms. The third kappa shape index (κ3) is 2.24. The van der Waals surface area contributed by atoms with Crippen molar-refractivity contribution in [2.75, 3.05) is 7.11 Å². The number of imidazole rings is 1. The highest BCUT2D eigenvalue weighted by atomic mass is 16.5. The quantitative estimate of drug-likeness (QED) is 0.744. The molecule has 0 unspecified atom stereocenters. The molecule has 0 radical (unpaired) electrons. The molecular weight excluding hydrogens is 272 g/mol. The number of fused-ring (bicyclic) bond motifs is 1. The predicted octanol–water partition coefficient (Wildman–Crippen LogP) is 1.44. The summed E-state index contributed by atoms with van der Waals surface area (Å²) in [5.41, 5.74) is 3.34. The summed E-state index contributed by atoms with van der Waals surface area (Å²) in [5, 5.41) is 9.84. The SMILES string of the molecule is COC(=O)CC1=C(c2[nH]c(=O)[nH]c2O)Cc2ccccc21. The first-order chi connectivity index (χ1) is 10.1. The second-order valence-electron chi connectivity index (χ2n) is 4.85. The van der Waals surface area contributed by atoms with Crippen LogP contribution in [0.4, 0.5) is 0 Å². The Hall–Kier alpha value is -2.76. The number of H-pyrrole nitrogens is 2. The van der Waals surface area contributed by atoms with Crippen LogP contribution < -0.4 is 5.69 Å². The van der Waals surface area contributed by atoms with Crippen LogP contribution in [-0.2, 0) is 16.0 Å². The summed E-state index contributed by atoms with van der Waals surface area (Å²) in [4.78, 5) is 27.9. The monoisotopic (exact) mass is 286 g/mol. The number of carbonyl (C=O) groups excluding carboxylic acids is 1. The summed E-state index contributed by atoms with van der Waals surface area (Å²) in [6.45, 7) is 0. The van der Waals surface area contributed by atoms with Gasteiger partial charge in [0, 0.05) is 6.42 Å². The molecule has 0 aliphatic heterocycles. The van der Waals surface area contributed by atoms with Gasteiger partial charge in [0.1, 0.15) is 5.69 Å². The summed E-state index contributed by atoms with van der Waals surface area (Å²) in [5.74, 6) is -0.582. The van der Waals surface area contributed by atoms with Gasteiger partial charge in [-0.1, -0.05) is 24.3 Å². The Morgan fingerprint density at radius 1 is 1.33 bits per heavy atom. The van der Waals surface area contributed by atoms with Gasteiger partial charge < -0.3 is 14.8 Å². The van der Waals surface area contributed by atoms with Crippen molar-refractivity contribution in [3.63, 3.8) is 0 Å². The standard InChI is InChI=1S/C15H14N2O4/c1-21-12(18)7-10-9-5-3-2-4-8(9)6-11(10)13-14(19)17-15(20)16-13/h2-5,19H,6-7H2,1H3,(H2,16,17,20). The summed E-state index contributed by atoms with van der Waals surface area (Å²) in [6, 6.07) is 7.68. The molecule has 0 saturated carbocycles. The zero-order valence-electron chi connectivity index (χ0n) is 11.4. The molecule has 0 fully saturated rings. The second-order valence-corrected chi connectivity index (χ2v) is 4.85. The maximum absolute atomic E-state index is 11.6. The Labute approximate surface area is 120 Å². The molecular formula is C15H14N2O4. The maximum Gasteiger partial charge on any atom is 0.326 e. The smallest absolute Gasteiger partial charge is 0.326 e. The largest absolute Gasteiger partial charge is 0.493 e. The molecule has 3 rings (SSSR count). The molecule has 1 aliphatic carbocycles. The van der Waals surface area contributed by atoms with E-state index in [-0.39, 0.29) is 18.3 Å². The van der Waals surface area contributed by atoms with Gasteiger partial charge >= 0.3 is 11.7 Å². The van der Waals surface area contributed by atoms with Gasteiger partial charge in [-0.25, -0.2) is 4.79 Å². The number of aromatic nitrogens is 2. The van der Waals surface area contributed by atoms with E-state index < -0.39 is 5.69 Å². The van der Waals surface area contributed by atoms with Crippen LogP contribution in [0.25, 0.3) is 11.1 Å². The number of allylic oxidation sites excluding steroid dienone is 1. The van der Waals surface area contributed by atoms with Crippen molar-refractivity contribution in [1.82, 2.24) is 9.97 Å². The van der Waals surface area contributed by atoms with Crippen LogP contribution in [0, 0.1) is 0 Å². The molecule has 0 bridgehead atoms. The molecule has 1 aromatic heterocycles. The number of esters is 1. The van der Waals surface area contributed by atoms with E-state index in [1.165, 1.54) is 7.11 Å². The lowest BCUT2D eigenvalue weighted by molar-refractivity contribution is -0.139. The van der Waals surface area contributed by atoms with E-state index in [0.29, 0.717) is 12.1 Å². The number of hydrogen-bond donors (Lipinski definition) is 3. The van der Waals surface area contributed by atoms with E-state index in [9.17, 15) is 14.7 Å². The predicted molar refractivity (Wildman–Crippen MR) is 76.7 cm³/mol. The van der Waals surface area contributed by atoms with Gasteiger partial charge in [-0.15, -0.1) is 0 Å². The van der Waals surface area contributed by atoms with Crippen LogP contribution in [0.1, 0.15) is 23.2 Å². The Morgan fingerprint density at radius 3 is 2.76 bits per heavy atom. The van der Waals surface area contributed by atoms with E-state index in [2.05, 4.69) is 9.97 Å². The van der Waals surface area contributed by atoms with Gasteiger partial charge in [-0.3, -0.25) is 9.78 Å². The Bertz CT molecular complexity index is 798. The fourth-order valence-electron chi connectivity index (χ4n) is 2.68. The average molecular weight is 286 g/mol. The lowest BCUT2D eigenvalue weighted by Crippen LogP contribution is -2.03. The zero-order chi connectivity index (χ0) is 15.0. The fourth-order valence-corrected chi connectivity index (χ4v) is 2.68. The number of hydrogen-bond acceptors (Lipinski definition) is 4. The van der Waals surface area contributed by atoms with E-state index in [0.717, 1.165) is 22.3 Å².